The lowest BCUT2D eigenvalue weighted by molar-refractivity contribution is 0.0581. The lowest BCUT2D eigenvalue weighted by atomic mass is 9.93. The van der Waals surface area contributed by atoms with E-state index in [-0.39, 0.29) is 0 Å². The third-order valence-electron chi connectivity index (χ3n) is 2.98. The molecule has 0 aromatic carbocycles. The fourth-order valence-electron chi connectivity index (χ4n) is 1.89. The van der Waals surface area contributed by atoms with E-state index in [1.807, 2.05) is 0 Å². The Morgan fingerprint density at radius 1 is 1.38 bits per heavy atom. The molecule has 1 saturated heterocycles. The third kappa shape index (κ3) is 4.84. The number of nitrogens with two attached hydrogens (primary N) is 1. The zero-order chi connectivity index (χ0) is 12.0. The van der Waals surface area contributed by atoms with Crippen molar-refractivity contribution in [1.29, 1.82) is 0 Å². The number of hydrogen-bond acceptors (Lipinski definition) is 2. The zero-order valence-corrected chi connectivity index (χ0v) is 10.7. The van der Waals surface area contributed by atoms with Gasteiger partial charge in [-0.1, -0.05) is 13.8 Å². The zero-order valence-electron chi connectivity index (χ0n) is 10.7. The second-order valence-corrected chi connectivity index (χ2v) is 5.00. The Morgan fingerprint density at radius 3 is 2.56 bits per heavy atom. The van der Waals surface area contributed by atoms with Gasteiger partial charge in [-0.25, -0.2) is 0 Å². The van der Waals surface area contributed by atoms with Crippen LogP contribution in [0.5, 0.6) is 0 Å². The summed E-state index contributed by atoms with van der Waals surface area (Å²) in [7, 11) is 0. The van der Waals surface area contributed by atoms with Gasteiger partial charge >= 0.3 is 0 Å². The molecule has 0 amide bonds. The Balaban J connectivity index is 2.31. The van der Waals surface area contributed by atoms with Crippen LogP contribution < -0.4 is 11.1 Å². The van der Waals surface area contributed by atoms with Crippen molar-refractivity contribution in [3.05, 3.63) is 0 Å². The molecule has 0 saturated carbocycles. The summed E-state index contributed by atoms with van der Waals surface area (Å²) in [5.74, 6) is 1.79. The maximum atomic E-state index is 5.84. The summed E-state index contributed by atoms with van der Waals surface area (Å²) in [6.45, 7) is 8.99. The highest BCUT2D eigenvalue weighted by Gasteiger charge is 2.20. The standard InChI is InChI=1S/C12H25N3O/c1-9(2)8-14-12(13)15-10(3)11-4-6-16-7-5-11/h9-11H,4-8H2,1-3H3,(H3,13,14,15). The van der Waals surface area contributed by atoms with Crippen molar-refractivity contribution >= 4 is 5.96 Å². The van der Waals surface area contributed by atoms with E-state index in [1.54, 1.807) is 0 Å². The summed E-state index contributed by atoms with van der Waals surface area (Å²) in [6.07, 6.45) is 2.23. The first kappa shape index (κ1) is 13.3. The van der Waals surface area contributed by atoms with Gasteiger partial charge in [0.1, 0.15) is 0 Å². The van der Waals surface area contributed by atoms with Gasteiger partial charge in [0.2, 0.25) is 0 Å². The Labute approximate surface area is 98.6 Å². The molecule has 0 aliphatic carbocycles. The third-order valence-corrected chi connectivity index (χ3v) is 2.98. The summed E-state index contributed by atoms with van der Waals surface area (Å²) in [6, 6.07) is 0.389. The predicted octanol–water partition coefficient (Wildman–Crippen LogP) is 1.36. The highest BCUT2D eigenvalue weighted by atomic mass is 16.5. The average Bonchev–Trinajstić information content (AvgIpc) is 2.27. The molecule has 1 aliphatic heterocycles. The van der Waals surface area contributed by atoms with Crippen molar-refractivity contribution in [2.75, 3.05) is 19.8 Å². The van der Waals surface area contributed by atoms with Crippen LogP contribution in [0, 0.1) is 11.8 Å². The van der Waals surface area contributed by atoms with Crippen molar-refractivity contribution in [3.63, 3.8) is 0 Å². The highest BCUT2D eigenvalue weighted by Crippen LogP contribution is 2.18. The van der Waals surface area contributed by atoms with Crippen LogP contribution in [0.1, 0.15) is 33.6 Å². The second kappa shape index (κ2) is 6.74. The van der Waals surface area contributed by atoms with Gasteiger partial charge in [0, 0.05) is 25.8 Å². The number of hydrogen-bond donors (Lipinski definition) is 2. The Hall–Kier alpha value is -0.770. The first-order valence-corrected chi connectivity index (χ1v) is 6.23. The van der Waals surface area contributed by atoms with Crippen LogP contribution in [0.2, 0.25) is 0 Å². The van der Waals surface area contributed by atoms with Crippen LogP contribution >= 0.6 is 0 Å². The molecule has 0 aromatic heterocycles. The predicted molar refractivity (Wildman–Crippen MR) is 67.5 cm³/mol. The number of rotatable bonds is 4. The minimum Gasteiger partial charge on any atom is -0.381 e. The molecule has 94 valence electrons. The van der Waals surface area contributed by atoms with Crippen LogP contribution in [-0.4, -0.2) is 31.8 Å². The molecule has 1 atom stereocenters. The molecule has 1 heterocycles. The second-order valence-electron chi connectivity index (χ2n) is 5.00. The first-order valence-electron chi connectivity index (χ1n) is 6.23. The van der Waals surface area contributed by atoms with Gasteiger partial charge in [0.25, 0.3) is 0 Å². The summed E-state index contributed by atoms with van der Waals surface area (Å²) in [5.41, 5.74) is 5.84. The maximum Gasteiger partial charge on any atom is 0.188 e. The van der Waals surface area contributed by atoms with E-state index in [0.29, 0.717) is 23.8 Å². The normalized spacial score (nSPS) is 21.1. The van der Waals surface area contributed by atoms with E-state index in [2.05, 4.69) is 31.1 Å². The number of aliphatic imine (C=N–C) groups is 1. The monoisotopic (exact) mass is 227 g/mol. The lowest BCUT2D eigenvalue weighted by Gasteiger charge is -2.28. The smallest absolute Gasteiger partial charge is 0.188 e. The molecule has 1 aliphatic rings. The quantitative estimate of drug-likeness (QED) is 0.563. The van der Waals surface area contributed by atoms with Crippen LogP contribution in [0.15, 0.2) is 4.99 Å². The number of nitrogens with zero attached hydrogens (tertiary/aromatic N) is 1. The van der Waals surface area contributed by atoms with Crippen LogP contribution in [-0.2, 0) is 4.74 Å². The van der Waals surface area contributed by atoms with E-state index in [4.69, 9.17) is 10.5 Å². The van der Waals surface area contributed by atoms with Gasteiger partial charge in [-0.2, -0.15) is 0 Å². The van der Waals surface area contributed by atoms with Gasteiger partial charge in [-0.05, 0) is 31.6 Å². The lowest BCUT2D eigenvalue weighted by Crippen LogP contribution is -2.44. The largest absolute Gasteiger partial charge is 0.381 e. The molecule has 1 unspecified atom stereocenters. The summed E-state index contributed by atoms with van der Waals surface area (Å²) >= 11 is 0. The number of ether oxygens (including phenoxy) is 1. The van der Waals surface area contributed by atoms with E-state index < -0.39 is 0 Å². The van der Waals surface area contributed by atoms with E-state index in [1.165, 1.54) is 0 Å². The fourth-order valence-corrected chi connectivity index (χ4v) is 1.89. The van der Waals surface area contributed by atoms with Gasteiger partial charge in [-0.3, -0.25) is 4.99 Å². The minimum absolute atomic E-state index is 0.389. The molecule has 16 heavy (non-hydrogen) atoms. The van der Waals surface area contributed by atoms with E-state index >= 15 is 0 Å². The molecule has 1 fully saturated rings. The van der Waals surface area contributed by atoms with E-state index in [9.17, 15) is 0 Å². The Kier molecular flexibility index (Phi) is 5.60. The fraction of sp³-hybridized carbons (Fsp3) is 0.917. The average molecular weight is 227 g/mol. The molecule has 0 radical (unpaired) electrons. The van der Waals surface area contributed by atoms with Crippen molar-refractivity contribution < 1.29 is 4.74 Å². The van der Waals surface area contributed by atoms with Crippen molar-refractivity contribution in [2.24, 2.45) is 22.6 Å². The van der Waals surface area contributed by atoms with Crippen molar-refractivity contribution in [3.8, 4) is 0 Å². The molecule has 0 aromatic rings. The van der Waals surface area contributed by atoms with Gasteiger partial charge < -0.3 is 15.8 Å². The molecular formula is C12H25N3O. The van der Waals surface area contributed by atoms with Gasteiger partial charge in [-0.15, -0.1) is 0 Å². The summed E-state index contributed by atoms with van der Waals surface area (Å²) < 4.78 is 5.34. The van der Waals surface area contributed by atoms with Crippen LogP contribution in [0.3, 0.4) is 0 Å². The molecule has 4 nitrogen and oxygen atoms in total. The van der Waals surface area contributed by atoms with Gasteiger partial charge in [0.05, 0.1) is 0 Å². The highest BCUT2D eigenvalue weighted by molar-refractivity contribution is 5.78. The van der Waals surface area contributed by atoms with Gasteiger partial charge in [0.15, 0.2) is 5.96 Å². The molecular weight excluding hydrogens is 202 g/mol. The SMILES string of the molecule is CC(C)CN=C(N)NC(C)C1CCOCC1. The van der Waals surface area contributed by atoms with Crippen molar-refractivity contribution in [1.82, 2.24) is 5.32 Å². The Morgan fingerprint density at radius 2 is 2.00 bits per heavy atom. The van der Waals surface area contributed by atoms with E-state index in [0.717, 1.165) is 32.6 Å². The molecule has 1 rings (SSSR count). The van der Waals surface area contributed by atoms with Crippen LogP contribution in [0.4, 0.5) is 0 Å². The minimum atomic E-state index is 0.389. The number of guanidine groups is 1. The summed E-state index contributed by atoms with van der Waals surface area (Å²) in [4.78, 5) is 4.31. The molecule has 3 N–H and O–H groups in total. The topological polar surface area (TPSA) is 59.6 Å². The number of nitrogens with one attached hydrogen (secondary N) is 1. The Bertz CT molecular complexity index is 222. The van der Waals surface area contributed by atoms with Crippen LogP contribution in [0.25, 0.3) is 0 Å². The maximum absolute atomic E-state index is 5.84. The summed E-state index contributed by atoms with van der Waals surface area (Å²) in [5, 5.41) is 3.28. The molecule has 0 spiro atoms. The molecule has 4 heteroatoms. The molecule has 0 bridgehead atoms. The van der Waals surface area contributed by atoms with Crippen molar-refractivity contribution in [2.45, 2.75) is 39.7 Å². The first-order chi connectivity index (χ1) is 7.59.